The number of hydrogen-bond donors (Lipinski definition) is 0. The van der Waals surface area contributed by atoms with E-state index in [1.54, 1.807) is 0 Å². The van der Waals surface area contributed by atoms with Crippen LogP contribution >= 0.6 is 0 Å². The number of allylic oxidation sites excluding steroid dienone is 6. The second-order valence-corrected chi connectivity index (χ2v) is 14.4. The third-order valence-corrected chi connectivity index (χ3v) is 10.6. The molecule has 2 heteroatoms. The minimum Gasteiger partial charge on any atom is -0.337 e. The first kappa shape index (κ1) is 39.9. The van der Waals surface area contributed by atoms with Crippen LogP contribution in [0.25, 0.3) is 55.8 Å². The highest BCUT2D eigenvalue weighted by Crippen LogP contribution is 2.37. The molecule has 0 bridgehead atoms. The van der Waals surface area contributed by atoms with Crippen LogP contribution in [0.5, 0.6) is 0 Å². The molecule has 7 aromatic carbocycles. The maximum Gasteiger partial charge on any atom is 0.0547 e. The predicted molar refractivity (Wildman–Crippen MR) is 257 cm³/mol. The number of nitrogens with zero attached hydrogens (tertiary/aromatic N) is 2. The van der Waals surface area contributed by atoms with E-state index in [2.05, 4.69) is 248 Å². The van der Waals surface area contributed by atoms with E-state index in [0.717, 1.165) is 25.1 Å². The lowest BCUT2D eigenvalue weighted by Gasteiger charge is -2.26. The number of terminal acetylenes is 1. The van der Waals surface area contributed by atoms with Gasteiger partial charge in [-0.25, -0.2) is 0 Å². The van der Waals surface area contributed by atoms with Crippen LogP contribution in [-0.4, -0.2) is 11.1 Å². The van der Waals surface area contributed by atoms with Crippen LogP contribution < -0.4 is 4.90 Å². The number of aromatic nitrogens is 1. The number of para-hydroxylation sites is 2. The first-order valence-electron chi connectivity index (χ1n) is 20.3. The number of hydrogen-bond acceptors (Lipinski definition) is 1. The molecular formula is C57H50N2. The topological polar surface area (TPSA) is 8.17 Å². The Bertz CT molecular complexity index is 2700. The predicted octanol–water partition coefficient (Wildman–Crippen LogP) is 15.0. The van der Waals surface area contributed by atoms with Crippen molar-refractivity contribution in [3.8, 4) is 40.8 Å². The Hall–Kier alpha value is -7.34. The molecule has 0 atom stereocenters. The molecule has 288 valence electrons. The average Bonchev–Trinajstić information content (AvgIpc) is 3.63. The molecule has 0 aliphatic carbocycles. The normalized spacial score (nSPS) is 11.6. The molecule has 0 aliphatic rings. The molecule has 0 saturated carbocycles. The number of benzene rings is 7. The van der Waals surface area contributed by atoms with Crippen molar-refractivity contribution in [2.75, 3.05) is 11.4 Å². The van der Waals surface area contributed by atoms with E-state index in [-0.39, 0.29) is 0 Å². The Kier molecular flexibility index (Phi) is 13.3. The number of fused-ring (bicyclic) bond motifs is 3. The number of rotatable bonds is 13. The Balaban J connectivity index is 0.00000260. The standard InChI is InChI=1S/C55H48N2.C2H2/c1-3-5-7-10-20-42-31-34-49(35-32-42)56(37-6-4-2)53-29-17-15-26-46(53)27-19-21-43-33-36-52-51-28-16-18-30-54(51)57(55(52)38-43)50-40-47(44-22-11-8-12-23-44)39-48(41-50)45-24-13-9-14-25-45;1-2/h3-19,21-26,28-36,38-41H,20,27,37H2,1-2H3;1-2H/b5-3-,6-4-,10-7-,21-19+;. The molecule has 0 spiro atoms. The summed E-state index contributed by atoms with van der Waals surface area (Å²) in [6, 6.07) is 61.9. The van der Waals surface area contributed by atoms with E-state index >= 15 is 0 Å². The zero-order chi connectivity index (χ0) is 40.8. The van der Waals surface area contributed by atoms with Crippen LogP contribution in [0.2, 0.25) is 0 Å². The number of anilines is 2. The zero-order valence-corrected chi connectivity index (χ0v) is 34.0. The summed E-state index contributed by atoms with van der Waals surface area (Å²) in [6.45, 7) is 4.93. The van der Waals surface area contributed by atoms with Crippen LogP contribution in [0.3, 0.4) is 0 Å². The Morgan fingerprint density at radius 3 is 1.85 bits per heavy atom. The SMILES string of the molecule is C#C.C/C=C\C=C/Cc1ccc(N(C/C=C\C)c2ccccc2C/C=C/c2ccc3c4ccccc4n(-c4cc(-c5ccccc5)cc(-c5ccccc5)c4)c3c2)cc1. The molecule has 0 N–H and O–H groups in total. The maximum atomic E-state index is 4.00. The zero-order valence-electron chi connectivity index (χ0n) is 34.0. The van der Waals surface area contributed by atoms with E-state index in [0.29, 0.717) is 0 Å². The van der Waals surface area contributed by atoms with Gasteiger partial charge in [0, 0.05) is 34.4 Å². The van der Waals surface area contributed by atoms with Crippen molar-refractivity contribution in [3.63, 3.8) is 0 Å². The van der Waals surface area contributed by atoms with Crippen LogP contribution in [-0.2, 0) is 12.8 Å². The minimum absolute atomic E-state index is 0.802. The highest BCUT2D eigenvalue weighted by atomic mass is 15.1. The van der Waals surface area contributed by atoms with Gasteiger partial charge >= 0.3 is 0 Å². The fourth-order valence-electron chi connectivity index (χ4n) is 7.73. The third kappa shape index (κ3) is 9.29. The van der Waals surface area contributed by atoms with Crippen molar-refractivity contribution >= 4 is 39.3 Å². The Morgan fingerprint density at radius 2 is 1.15 bits per heavy atom. The van der Waals surface area contributed by atoms with E-state index in [1.807, 2.05) is 6.92 Å². The molecule has 0 radical (unpaired) electrons. The average molecular weight is 763 g/mol. The van der Waals surface area contributed by atoms with Crippen molar-refractivity contribution in [1.82, 2.24) is 4.57 Å². The fourth-order valence-corrected chi connectivity index (χ4v) is 7.73. The molecule has 0 amide bonds. The Labute approximate surface area is 350 Å². The lowest BCUT2D eigenvalue weighted by Crippen LogP contribution is -2.18. The highest BCUT2D eigenvalue weighted by Gasteiger charge is 2.16. The second kappa shape index (κ2) is 19.7. The van der Waals surface area contributed by atoms with E-state index in [1.165, 1.54) is 72.1 Å². The lowest BCUT2D eigenvalue weighted by molar-refractivity contribution is 1.07. The summed E-state index contributed by atoms with van der Waals surface area (Å²) in [7, 11) is 0. The van der Waals surface area contributed by atoms with Crippen molar-refractivity contribution in [1.29, 1.82) is 0 Å². The molecule has 8 aromatic rings. The molecule has 59 heavy (non-hydrogen) atoms. The van der Waals surface area contributed by atoms with Gasteiger partial charge in [0.05, 0.1) is 11.0 Å². The summed E-state index contributed by atoms with van der Waals surface area (Å²) < 4.78 is 2.44. The molecule has 0 fully saturated rings. The van der Waals surface area contributed by atoms with Crippen molar-refractivity contribution in [2.24, 2.45) is 0 Å². The van der Waals surface area contributed by atoms with Crippen LogP contribution in [0, 0.1) is 12.8 Å². The summed E-state index contributed by atoms with van der Waals surface area (Å²) in [5.41, 5.74) is 14.5. The van der Waals surface area contributed by atoms with Crippen LogP contribution in [0.4, 0.5) is 11.4 Å². The van der Waals surface area contributed by atoms with Gasteiger partial charge in [-0.2, -0.15) is 0 Å². The molecule has 2 nitrogen and oxygen atoms in total. The smallest absolute Gasteiger partial charge is 0.0547 e. The molecule has 8 rings (SSSR count). The lowest BCUT2D eigenvalue weighted by atomic mass is 9.98. The van der Waals surface area contributed by atoms with Gasteiger partial charge in [-0.3, -0.25) is 0 Å². The van der Waals surface area contributed by atoms with Gasteiger partial charge in [-0.05, 0) is 114 Å². The first-order chi connectivity index (χ1) is 29.2. The van der Waals surface area contributed by atoms with Gasteiger partial charge in [-0.1, -0.05) is 170 Å². The van der Waals surface area contributed by atoms with Gasteiger partial charge in [0.1, 0.15) is 0 Å². The van der Waals surface area contributed by atoms with E-state index in [9.17, 15) is 0 Å². The summed E-state index contributed by atoms with van der Waals surface area (Å²) in [5.74, 6) is 0. The summed E-state index contributed by atoms with van der Waals surface area (Å²) in [5, 5.41) is 2.50. The van der Waals surface area contributed by atoms with Gasteiger partial charge in [-0.15, -0.1) is 12.8 Å². The highest BCUT2D eigenvalue weighted by molar-refractivity contribution is 6.10. The molecular weight excluding hydrogens is 713 g/mol. The van der Waals surface area contributed by atoms with Gasteiger partial charge < -0.3 is 9.47 Å². The van der Waals surface area contributed by atoms with Crippen LogP contribution in [0.15, 0.2) is 212 Å². The minimum atomic E-state index is 0.802. The maximum absolute atomic E-state index is 4.00. The molecule has 1 heterocycles. The first-order valence-corrected chi connectivity index (χ1v) is 20.3. The quantitative estimate of drug-likeness (QED) is 0.0645. The summed E-state index contributed by atoms with van der Waals surface area (Å²) >= 11 is 0. The molecule has 1 aromatic heterocycles. The van der Waals surface area contributed by atoms with Gasteiger partial charge in [0.25, 0.3) is 0 Å². The second-order valence-electron chi connectivity index (χ2n) is 14.4. The van der Waals surface area contributed by atoms with Gasteiger partial charge in [0.15, 0.2) is 0 Å². The molecule has 0 saturated heterocycles. The fraction of sp³-hybridized carbons (Fsp3) is 0.0877. The van der Waals surface area contributed by atoms with Crippen molar-refractivity contribution < 1.29 is 0 Å². The third-order valence-electron chi connectivity index (χ3n) is 10.6. The van der Waals surface area contributed by atoms with Crippen molar-refractivity contribution in [3.05, 3.63) is 229 Å². The van der Waals surface area contributed by atoms with Gasteiger partial charge in [0.2, 0.25) is 0 Å². The van der Waals surface area contributed by atoms with Crippen LogP contribution in [0.1, 0.15) is 30.5 Å². The summed E-state index contributed by atoms with van der Waals surface area (Å²) in [4.78, 5) is 2.42. The largest absolute Gasteiger partial charge is 0.337 e. The monoisotopic (exact) mass is 762 g/mol. The van der Waals surface area contributed by atoms with E-state index in [4.69, 9.17) is 0 Å². The molecule has 0 unspecified atom stereocenters. The molecule has 0 aliphatic heterocycles. The van der Waals surface area contributed by atoms with Crippen molar-refractivity contribution in [2.45, 2.75) is 26.7 Å². The summed E-state index contributed by atoms with van der Waals surface area (Å²) in [6.07, 6.45) is 27.1. The van der Waals surface area contributed by atoms with E-state index < -0.39 is 0 Å². The Morgan fingerprint density at radius 1 is 0.508 bits per heavy atom.